The van der Waals surface area contributed by atoms with E-state index >= 15 is 0 Å². The third-order valence-corrected chi connectivity index (χ3v) is 5.26. The van der Waals surface area contributed by atoms with Crippen molar-refractivity contribution in [1.82, 2.24) is 0 Å². The molecule has 114 valence electrons. The molecule has 0 aliphatic heterocycles. The van der Waals surface area contributed by atoms with Crippen LogP contribution in [-0.2, 0) is 16.0 Å². The molecule has 1 unspecified atom stereocenters. The van der Waals surface area contributed by atoms with Crippen LogP contribution in [0, 0.1) is 23.1 Å². The molecule has 0 amide bonds. The molecule has 2 aliphatic carbocycles. The van der Waals surface area contributed by atoms with Crippen molar-refractivity contribution in [3.8, 4) is 6.07 Å². The summed E-state index contributed by atoms with van der Waals surface area (Å²) in [5.41, 5.74) is 5.22. The van der Waals surface area contributed by atoms with Gasteiger partial charge < -0.3 is 0 Å². The van der Waals surface area contributed by atoms with Gasteiger partial charge in [-0.1, -0.05) is 18.9 Å². The second-order valence-corrected chi connectivity index (χ2v) is 6.34. The fraction of sp³-hybridized carbons (Fsp3) is 0.412. The van der Waals surface area contributed by atoms with Gasteiger partial charge in [0.05, 0.1) is 16.1 Å². The first-order chi connectivity index (χ1) is 10.6. The van der Waals surface area contributed by atoms with E-state index in [-0.39, 0.29) is 12.0 Å². The molecule has 0 fully saturated rings. The highest BCUT2D eigenvalue weighted by atomic mass is 79.9. The van der Waals surface area contributed by atoms with Crippen LogP contribution in [0.3, 0.4) is 0 Å². The largest absolute Gasteiger partial charge is 0.373 e. The lowest BCUT2D eigenvalue weighted by Crippen LogP contribution is -2.07. The zero-order valence-corrected chi connectivity index (χ0v) is 13.8. The van der Waals surface area contributed by atoms with Gasteiger partial charge in [-0.2, -0.15) is 14.9 Å². The number of rotatable bonds is 1. The fourth-order valence-corrected chi connectivity index (χ4v) is 4.00. The maximum Gasteiger partial charge on any atom is 0.373 e. The Labute approximate surface area is 136 Å². The summed E-state index contributed by atoms with van der Waals surface area (Å²) in [7, 11) is 0. The van der Waals surface area contributed by atoms with Crippen LogP contribution in [0.2, 0.25) is 0 Å². The average Bonchev–Trinajstić information content (AvgIpc) is 2.90. The molecular weight excluding hydrogens is 349 g/mol. The van der Waals surface area contributed by atoms with Gasteiger partial charge >= 0.3 is 6.15 Å². The second-order valence-electron chi connectivity index (χ2n) is 5.54. The standard InChI is InChI=1S/C16H15BrFN.CO2/c1-2-9-3-4-12-10(5-9)6-13-11(8-19)7-14(18)16(17)15(12)13;2-1-3/h7,9H,2-6H2,1H3;. The van der Waals surface area contributed by atoms with Crippen LogP contribution < -0.4 is 0 Å². The molecule has 0 heterocycles. The minimum absolute atomic E-state index is 0.250. The third-order valence-electron chi connectivity index (χ3n) is 4.48. The second kappa shape index (κ2) is 7.00. The van der Waals surface area contributed by atoms with Crippen LogP contribution in [0.1, 0.15) is 49.3 Å². The van der Waals surface area contributed by atoms with Crippen LogP contribution in [-0.4, -0.2) is 6.15 Å². The van der Waals surface area contributed by atoms with E-state index in [0.29, 0.717) is 10.0 Å². The first-order valence-corrected chi connectivity index (χ1v) is 7.98. The number of fused-ring (bicyclic) bond motifs is 2. The number of nitriles is 1. The Kier molecular flexibility index (Phi) is 5.28. The van der Waals surface area contributed by atoms with E-state index in [1.165, 1.54) is 30.1 Å². The summed E-state index contributed by atoms with van der Waals surface area (Å²) in [6.45, 7) is 2.23. The predicted octanol–water partition coefficient (Wildman–Crippen LogP) is 4.40. The Morgan fingerprint density at radius 3 is 2.73 bits per heavy atom. The molecule has 3 nitrogen and oxygen atoms in total. The topological polar surface area (TPSA) is 57.9 Å². The normalized spacial score (nSPS) is 18.5. The molecule has 22 heavy (non-hydrogen) atoms. The molecule has 0 saturated carbocycles. The van der Waals surface area contributed by atoms with E-state index in [1.807, 2.05) is 0 Å². The van der Waals surface area contributed by atoms with Crippen molar-refractivity contribution in [2.75, 3.05) is 0 Å². The molecule has 2 aliphatic rings. The predicted molar refractivity (Wildman–Crippen MR) is 82.1 cm³/mol. The van der Waals surface area contributed by atoms with Gasteiger partial charge in [0.25, 0.3) is 0 Å². The highest BCUT2D eigenvalue weighted by Gasteiger charge is 2.31. The van der Waals surface area contributed by atoms with Crippen molar-refractivity contribution < 1.29 is 14.0 Å². The number of hydrogen-bond donors (Lipinski definition) is 0. The zero-order valence-electron chi connectivity index (χ0n) is 12.2. The number of benzene rings is 1. The molecule has 0 spiro atoms. The lowest BCUT2D eigenvalue weighted by atomic mass is 9.83. The Bertz CT molecular complexity index is 712. The fourth-order valence-electron chi connectivity index (χ4n) is 3.40. The third kappa shape index (κ3) is 2.90. The highest BCUT2D eigenvalue weighted by Crippen LogP contribution is 2.48. The van der Waals surface area contributed by atoms with Crippen LogP contribution in [0.15, 0.2) is 16.1 Å². The van der Waals surface area contributed by atoms with Crippen molar-refractivity contribution in [2.24, 2.45) is 5.92 Å². The molecule has 1 aromatic carbocycles. The van der Waals surface area contributed by atoms with Crippen molar-refractivity contribution >= 4 is 27.7 Å². The summed E-state index contributed by atoms with van der Waals surface area (Å²) < 4.78 is 14.4. The van der Waals surface area contributed by atoms with E-state index in [4.69, 9.17) is 9.59 Å². The minimum atomic E-state index is -0.318. The summed E-state index contributed by atoms with van der Waals surface area (Å²) in [6.07, 6.45) is 5.60. The Morgan fingerprint density at radius 1 is 1.45 bits per heavy atom. The zero-order chi connectivity index (χ0) is 16.3. The monoisotopic (exact) mass is 363 g/mol. The van der Waals surface area contributed by atoms with Crippen LogP contribution in [0.5, 0.6) is 0 Å². The molecular formula is C17H15BrFNO2. The van der Waals surface area contributed by atoms with Gasteiger partial charge in [-0.05, 0) is 70.3 Å². The van der Waals surface area contributed by atoms with Gasteiger partial charge in [0.2, 0.25) is 0 Å². The van der Waals surface area contributed by atoms with E-state index in [0.717, 1.165) is 36.3 Å². The maximum absolute atomic E-state index is 13.9. The van der Waals surface area contributed by atoms with E-state index < -0.39 is 0 Å². The summed E-state index contributed by atoms with van der Waals surface area (Å²) in [4.78, 5) is 16.2. The number of hydrogen-bond acceptors (Lipinski definition) is 3. The molecule has 3 rings (SSSR count). The summed E-state index contributed by atoms with van der Waals surface area (Å²) in [5, 5.41) is 9.20. The van der Waals surface area contributed by atoms with Crippen molar-refractivity contribution in [3.05, 3.63) is 38.6 Å². The van der Waals surface area contributed by atoms with Gasteiger partial charge in [0.1, 0.15) is 5.82 Å². The molecule has 0 bridgehead atoms. The Hall–Kier alpha value is -1.76. The first kappa shape index (κ1) is 16.6. The van der Waals surface area contributed by atoms with E-state index in [9.17, 15) is 9.65 Å². The minimum Gasteiger partial charge on any atom is -0.206 e. The van der Waals surface area contributed by atoms with Crippen LogP contribution in [0.25, 0.3) is 5.57 Å². The number of nitrogens with zero attached hydrogens (tertiary/aromatic N) is 1. The number of halogens is 2. The van der Waals surface area contributed by atoms with Crippen LogP contribution >= 0.6 is 15.9 Å². The Morgan fingerprint density at radius 2 is 2.14 bits per heavy atom. The highest BCUT2D eigenvalue weighted by molar-refractivity contribution is 9.10. The van der Waals surface area contributed by atoms with Gasteiger partial charge in [-0.25, -0.2) is 4.39 Å². The smallest absolute Gasteiger partial charge is 0.206 e. The van der Waals surface area contributed by atoms with E-state index in [1.54, 1.807) is 0 Å². The van der Waals surface area contributed by atoms with Gasteiger partial charge in [0, 0.05) is 0 Å². The molecule has 0 N–H and O–H groups in total. The molecule has 5 heteroatoms. The summed E-state index contributed by atoms with van der Waals surface area (Å²) >= 11 is 3.37. The number of carbonyl (C=O) groups excluding carboxylic acids is 2. The van der Waals surface area contributed by atoms with Gasteiger partial charge in [0.15, 0.2) is 0 Å². The molecule has 1 atom stereocenters. The quantitative estimate of drug-likeness (QED) is 0.742. The SMILES string of the molecule is CCC1CCC2=C(Cc3c(C#N)cc(F)c(Br)c32)C1.O=C=O. The van der Waals surface area contributed by atoms with Crippen LogP contribution in [0.4, 0.5) is 4.39 Å². The first-order valence-electron chi connectivity index (χ1n) is 7.18. The van der Waals surface area contributed by atoms with Crippen molar-refractivity contribution in [3.63, 3.8) is 0 Å². The molecule has 0 radical (unpaired) electrons. The molecule has 0 saturated heterocycles. The van der Waals surface area contributed by atoms with Gasteiger partial charge in [-0.15, -0.1) is 0 Å². The van der Waals surface area contributed by atoms with E-state index in [2.05, 4.69) is 28.9 Å². The maximum atomic E-state index is 13.9. The Balaban J connectivity index is 0.000000545. The van der Waals surface area contributed by atoms with Gasteiger partial charge in [-0.3, -0.25) is 0 Å². The summed E-state index contributed by atoms with van der Waals surface area (Å²) in [6, 6.07) is 3.50. The van der Waals surface area contributed by atoms with Crippen molar-refractivity contribution in [1.29, 1.82) is 5.26 Å². The average molecular weight is 364 g/mol. The molecule has 1 aromatic rings. The van der Waals surface area contributed by atoms with Crippen molar-refractivity contribution in [2.45, 2.75) is 39.0 Å². The molecule has 0 aromatic heterocycles. The lowest BCUT2D eigenvalue weighted by molar-refractivity contribution is -0.191. The summed E-state index contributed by atoms with van der Waals surface area (Å²) in [5.74, 6) is 0.434. The lowest BCUT2D eigenvalue weighted by Gasteiger charge is -2.23. The number of allylic oxidation sites excluding steroid dienone is 2.